The van der Waals surface area contributed by atoms with E-state index >= 15 is 0 Å². The van der Waals surface area contributed by atoms with Gasteiger partial charge >= 0.3 is 6.03 Å². The fourth-order valence-corrected chi connectivity index (χ4v) is 1.46. The fraction of sp³-hybridized carbons (Fsp3) is 0.333. The van der Waals surface area contributed by atoms with Crippen molar-refractivity contribution in [2.75, 3.05) is 13.1 Å². The first kappa shape index (κ1) is 14.0. The van der Waals surface area contributed by atoms with E-state index in [1.54, 1.807) is 0 Å². The van der Waals surface area contributed by atoms with Crippen molar-refractivity contribution in [3.05, 3.63) is 35.9 Å². The highest BCUT2D eigenvalue weighted by atomic mass is 16.2. The molecule has 0 saturated heterocycles. The lowest BCUT2D eigenvalue weighted by molar-refractivity contribution is -0.122. The van der Waals surface area contributed by atoms with Crippen LogP contribution >= 0.6 is 0 Å². The smallest absolute Gasteiger partial charge is 0.312 e. The van der Waals surface area contributed by atoms with Gasteiger partial charge < -0.3 is 22.1 Å². The predicted octanol–water partition coefficient (Wildman–Crippen LogP) is -0.659. The summed E-state index contributed by atoms with van der Waals surface area (Å²) in [6.45, 7) is 0.601. The molecule has 6 N–H and O–H groups in total. The summed E-state index contributed by atoms with van der Waals surface area (Å²) in [5.41, 5.74) is 11.7. The first-order chi connectivity index (χ1) is 8.59. The lowest BCUT2D eigenvalue weighted by Crippen LogP contribution is -2.45. The standard InChI is InChI=1S/C12H18N4O2/c13-10(8-9-4-2-1-3-5-9)11(17)15-6-7-16-12(14)18/h1-5,10H,6-8,13H2,(H,15,17)(H3,14,16,18)/t10-/m0/s1. The molecule has 0 saturated carbocycles. The molecule has 18 heavy (non-hydrogen) atoms. The monoisotopic (exact) mass is 250 g/mol. The van der Waals surface area contributed by atoms with Crippen molar-refractivity contribution < 1.29 is 9.59 Å². The molecule has 0 bridgehead atoms. The van der Waals surface area contributed by atoms with Gasteiger partial charge in [-0.1, -0.05) is 30.3 Å². The summed E-state index contributed by atoms with van der Waals surface area (Å²) in [5, 5.41) is 5.00. The molecule has 3 amide bonds. The number of rotatable bonds is 6. The lowest BCUT2D eigenvalue weighted by atomic mass is 10.1. The van der Waals surface area contributed by atoms with Crippen molar-refractivity contribution in [2.45, 2.75) is 12.5 Å². The molecule has 1 aromatic carbocycles. The maximum atomic E-state index is 11.6. The van der Waals surface area contributed by atoms with Crippen LogP contribution in [0.5, 0.6) is 0 Å². The largest absolute Gasteiger partial charge is 0.353 e. The maximum absolute atomic E-state index is 11.6. The average molecular weight is 250 g/mol. The molecule has 1 aromatic rings. The number of nitrogens with one attached hydrogen (secondary N) is 2. The third kappa shape index (κ3) is 5.31. The van der Waals surface area contributed by atoms with Crippen LogP contribution in [-0.2, 0) is 11.2 Å². The van der Waals surface area contributed by atoms with E-state index in [1.165, 1.54) is 0 Å². The first-order valence-electron chi connectivity index (χ1n) is 5.70. The van der Waals surface area contributed by atoms with Gasteiger partial charge in [-0.05, 0) is 12.0 Å². The summed E-state index contributed by atoms with van der Waals surface area (Å²) in [4.78, 5) is 22.0. The zero-order chi connectivity index (χ0) is 13.4. The Balaban J connectivity index is 2.27. The lowest BCUT2D eigenvalue weighted by Gasteiger charge is -2.12. The van der Waals surface area contributed by atoms with Gasteiger partial charge in [0.2, 0.25) is 5.91 Å². The Bertz CT molecular complexity index is 394. The predicted molar refractivity (Wildman–Crippen MR) is 68.7 cm³/mol. The van der Waals surface area contributed by atoms with Crippen LogP contribution in [0.3, 0.4) is 0 Å². The quantitative estimate of drug-likeness (QED) is 0.503. The van der Waals surface area contributed by atoms with Crippen molar-refractivity contribution in [3.63, 3.8) is 0 Å². The normalized spacial score (nSPS) is 11.6. The average Bonchev–Trinajstić information content (AvgIpc) is 2.35. The van der Waals surface area contributed by atoms with Crippen LogP contribution in [0.1, 0.15) is 5.56 Å². The van der Waals surface area contributed by atoms with Gasteiger partial charge in [-0.15, -0.1) is 0 Å². The Labute approximate surface area is 106 Å². The van der Waals surface area contributed by atoms with Crippen molar-refractivity contribution in [1.82, 2.24) is 10.6 Å². The summed E-state index contributed by atoms with van der Waals surface area (Å²) in [6, 6.07) is 8.33. The minimum Gasteiger partial charge on any atom is -0.353 e. The zero-order valence-electron chi connectivity index (χ0n) is 10.1. The maximum Gasteiger partial charge on any atom is 0.312 e. The molecular weight excluding hydrogens is 232 g/mol. The molecule has 6 heteroatoms. The van der Waals surface area contributed by atoms with Crippen molar-refractivity contribution in [1.29, 1.82) is 0 Å². The van der Waals surface area contributed by atoms with Crippen LogP contribution in [0.2, 0.25) is 0 Å². The molecule has 0 aliphatic rings. The highest BCUT2D eigenvalue weighted by Gasteiger charge is 2.12. The molecule has 1 atom stereocenters. The van der Waals surface area contributed by atoms with E-state index in [-0.39, 0.29) is 5.91 Å². The van der Waals surface area contributed by atoms with E-state index in [2.05, 4.69) is 10.6 Å². The zero-order valence-corrected chi connectivity index (χ0v) is 10.1. The number of hydrogen-bond acceptors (Lipinski definition) is 3. The van der Waals surface area contributed by atoms with E-state index in [9.17, 15) is 9.59 Å². The Morgan fingerprint density at radius 3 is 2.33 bits per heavy atom. The molecule has 0 spiro atoms. The second-order valence-corrected chi connectivity index (χ2v) is 3.88. The van der Waals surface area contributed by atoms with Crippen LogP contribution in [-0.4, -0.2) is 31.1 Å². The number of nitrogens with two attached hydrogens (primary N) is 2. The highest BCUT2D eigenvalue weighted by molar-refractivity contribution is 5.81. The molecule has 0 heterocycles. The first-order valence-corrected chi connectivity index (χ1v) is 5.70. The van der Waals surface area contributed by atoms with E-state index in [0.717, 1.165) is 5.56 Å². The summed E-state index contributed by atoms with van der Waals surface area (Å²) in [7, 11) is 0. The van der Waals surface area contributed by atoms with Gasteiger partial charge in [0.05, 0.1) is 6.04 Å². The van der Waals surface area contributed by atoms with Crippen molar-refractivity contribution >= 4 is 11.9 Å². The molecule has 6 nitrogen and oxygen atoms in total. The molecule has 1 rings (SSSR count). The molecule has 0 radical (unpaired) electrons. The molecule has 0 unspecified atom stereocenters. The molecule has 0 aromatic heterocycles. The summed E-state index contributed by atoms with van der Waals surface area (Å²) in [5.74, 6) is -0.245. The second kappa shape index (κ2) is 7.29. The topological polar surface area (TPSA) is 110 Å². The highest BCUT2D eigenvalue weighted by Crippen LogP contribution is 2.01. The van der Waals surface area contributed by atoms with Gasteiger partial charge in [-0.25, -0.2) is 4.79 Å². The van der Waals surface area contributed by atoms with E-state index in [4.69, 9.17) is 11.5 Å². The molecule has 0 fully saturated rings. The Morgan fingerprint density at radius 1 is 1.11 bits per heavy atom. The van der Waals surface area contributed by atoms with Crippen LogP contribution < -0.4 is 22.1 Å². The number of carbonyl (C=O) groups excluding carboxylic acids is 2. The SMILES string of the molecule is NC(=O)NCCNC(=O)[C@@H](N)Cc1ccccc1. The number of amides is 3. The minimum absolute atomic E-state index is 0.245. The van der Waals surface area contributed by atoms with Crippen LogP contribution in [0.15, 0.2) is 30.3 Å². The molecule has 0 aliphatic carbocycles. The summed E-state index contributed by atoms with van der Waals surface area (Å²) in [6.07, 6.45) is 0.482. The van der Waals surface area contributed by atoms with Crippen LogP contribution in [0.4, 0.5) is 4.79 Å². The Hall–Kier alpha value is -2.08. The van der Waals surface area contributed by atoms with Crippen LogP contribution in [0, 0.1) is 0 Å². The third-order valence-corrected chi connectivity index (χ3v) is 2.36. The third-order valence-electron chi connectivity index (χ3n) is 2.36. The van der Waals surface area contributed by atoms with E-state index in [1.807, 2.05) is 30.3 Å². The molecule has 0 aliphatic heterocycles. The molecule has 98 valence electrons. The number of carbonyl (C=O) groups is 2. The summed E-state index contributed by atoms with van der Waals surface area (Å²) >= 11 is 0. The van der Waals surface area contributed by atoms with Crippen molar-refractivity contribution in [3.8, 4) is 0 Å². The minimum atomic E-state index is -0.613. The van der Waals surface area contributed by atoms with Gasteiger partial charge in [0, 0.05) is 13.1 Å². The fourth-order valence-electron chi connectivity index (χ4n) is 1.46. The Morgan fingerprint density at radius 2 is 1.72 bits per heavy atom. The number of hydrogen-bond donors (Lipinski definition) is 4. The van der Waals surface area contributed by atoms with E-state index < -0.39 is 12.1 Å². The second-order valence-electron chi connectivity index (χ2n) is 3.88. The van der Waals surface area contributed by atoms with Gasteiger partial charge in [0.25, 0.3) is 0 Å². The van der Waals surface area contributed by atoms with E-state index in [0.29, 0.717) is 19.5 Å². The summed E-state index contributed by atoms with van der Waals surface area (Å²) < 4.78 is 0. The van der Waals surface area contributed by atoms with Gasteiger partial charge in [0.1, 0.15) is 0 Å². The Kier molecular flexibility index (Phi) is 5.66. The molecular formula is C12H18N4O2. The van der Waals surface area contributed by atoms with Gasteiger partial charge in [-0.3, -0.25) is 4.79 Å². The number of primary amides is 1. The van der Waals surface area contributed by atoms with Crippen molar-refractivity contribution in [2.24, 2.45) is 11.5 Å². The van der Waals surface area contributed by atoms with Crippen LogP contribution in [0.25, 0.3) is 0 Å². The number of urea groups is 1. The van der Waals surface area contributed by atoms with Gasteiger partial charge in [0.15, 0.2) is 0 Å². The van der Waals surface area contributed by atoms with Gasteiger partial charge in [-0.2, -0.15) is 0 Å². The number of benzene rings is 1.